The number of hydrogen-bond acceptors (Lipinski definition) is 3. The van der Waals surface area contributed by atoms with Crippen molar-refractivity contribution in [3.63, 3.8) is 0 Å². The Labute approximate surface area is 102 Å². The van der Waals surface area contributed by atoms with E-state index in [0.717, 1.165) is 12.8 Å². The first-order valence-corrected chi connectivity index (χ1v) is 5.51. The van der Waals surface area contributed by atoms with Gasteiger partial charge in [-0.05, 0) is 25.0 Å². The Morgan fingerprint density at radius 3 is 2.78 bits per heavy atom. The summed E-state index contributed by atoms with van der Waals surface area (Å²) in [6, 6.07) is 3.19. The molecule has 1 aliphatic rings. The largest absolute Gasteiger partial charge is 0.405 e. The summed E-state index contributed by atoms with van der Waals surface area (Å²) in [7, 11) is 0. The molecule has 0 spiro atoms. The molecule has 1 aliphatic carbocycles. The first-order chi connectivity index (χ1) is 8.44. The van der Waals surface area contributed by atoms with E-state index < -0.39 is 18.6 Å². The monoisotopic (exact) mass is 259 g/mol. The average Bonchev–Trinajstić information content (AvgIpc) is 3.09. The van der Waals surface area contributed by atoms with Crippen LogP contribution >= 0.6 is 0 Å². The maximum atomic E-state index is 12.0. The highest BCUT2D eigenvalue weighted by molar-refractivity contribution is 5.94. The Hall–Kier alpha value is -1.79. The number of hydrogen-bond donors (Lipinski definition) is 2. The molecule has 1 fully saturated rings. The topological polar surface area (TPSA) is 54.0 Å². The van der Waals surface area contributed by atoms with Crippen molar-refractivity contribution in [3.05, 3.63) is 23.9 Å². The maximum Gasteiger partial charge on any atom is 0.405 e. The molecule has 0 bridgehead atoms. The van der Waals surface area contributed by atoms with Gasteiger partial charge in [-0.1, -0.05) is 0 Å². The highest BCUT2D eigenvalue weighted by Crippen LogP contribution is 2.23. The van der Waals surface area contributed by atoms with Gasteiger partial charge in [-0.15, -0.1) is 0 Å². The first kappa shape index (κ1) is 12.7. The van der Waals surface area contributed by atoms with E-state index in [4.69, 9.17) is 0 Å². The standard InChI is InChI=1S/C11H12F3N3O/c12-11(13,14)6-16-10(18)7-3-4-15-9(5-7)17-8-1-2-8/h3-5,8H,1-2,6H2,(H,15,17)(H,16,18). The van der Waals surface area contributed by atoms with Gasteiger partial charge in [-0.2, -0.15) is 13.2 Å². The van der Waals surface area contributed by atoms with Crippen LogP contribution in [0.5, 0.6) is 0 Å². The van der Waals surface area contributed by atoms with Gasteiger partial charge in [-0.25, -0.2) is 4.98 Å². The van der Waals surface area contributed by atoms with Gasteiger partial charge in [0.1, 0.15) is 12.4 Å². The quantitative estimate of drug-likeness (QED) is 0.869. The van der Waals surface area contributed by atoms with E-state index in [-0.39, 0.29) is 5.56 Å². The fourth-order valence-corrected chi connectivity index (χ4v) is 1.37. The summed E-state index contributed by atoms with van der Waals surface area (Å²) in [6.07, 6.45) is -0.913. The molecular weight excluding hydrogens is 247 g/mol. The normalized spacial score (nSPS) is 15.3. The number of carbonyl (C=O) groups is 1. The first-order valence-electron chi connectivity index (χ1n) is 5.51. The molecule has 1 aromatic heterocycles. The van der Waals surface area contributed by atoms with Gasteiger partial charge >= 0.3 is 6.18 Å². The number of amides is 1. The molecule has 2 rings (SSSR count). The number of aromatic nitrogens is 1. The van der Waals surface area contributed by atoms with Crippen molar-refractivity contribution in [2.75, 3.05) is 11.9 Å². The van der Waals surface area contributed by atoms with E-state index in [1.165, 1.54) is 18.3 Å². The highest BCUT2D eigenvalue weighted by atomic mass is 19.4. The van der Waals surface area contributed by atoms with Crippen molar-refractivity contribution in [2.45, 2.75) is 25.1 Å². The lowest BCUT2D eigenvalue weighted by Crippen LogP contribution is -2.33. The van der Waals surface area contributed by atoms with Crippen molar-refractivity contribution < 1.29 is 18.0 Å². The van der Waals surface area contributed by atoms with Crippen LogP contribution in [-0.2, 0) is 0 Å². The molecule has 98 valence electrons. The van der Waals surface area contributed by atoms with Gasteiger partial charge in [-0.3, -0.25) is 4.79 Å². The second kappa shape index (κ2) is 4.83. The van der Waals surface area contributed by atoms with Gasteiger partial charge in [0, 0.05) is 17.8 Å². The Morgan fingerprint density at radius 2 is 2.17 bits per heavy atom. The van der Waals surface area contributed by atoms with Crippen LogP contribution < -0.4 is 10.6 Å². The summed E-state index contributed by atoms with van der Waals surface area (Å²) in [4.78, 5) is 15.5. The van der Waals surface area contributed by atoms with Crippen LogP contribution in [0.4, 0.5) is 19.0 Å². The summed E-state index contributed by atoms with van der Waals surface area (Å²) in [5.41, 5.74) is 0.164. The predicted molar refractivity (Wildman–Crippen MR) is 59.3 cm³/mol. The molecule has 0 unspecified atom stereocenters. The average molecular weight is 259 g/mol. The van der Waals surface area contributed by atoms with E-state index in [2.05, 4.69) is 10.3 Å². The Kier molecular flexibility index (Phi) is 3.40. The Morgan fingerprint density at radius 1 is 1.44 bits per heavy atom. The van der Waals surface area contributed by atoms with Crippen LogP contribution in [0.1, 0.15) is 23.2 Å². The second-order valence-corrected chi connectivity index (χ2v) is 4.15. The third-order valence-electron chi connectivity index (χ3n) is 2.40. The van der Waals surface area contributed by atoms with Gasteiger partial charge < -0.3 is 10.6 Å². The molecule has 0 saturated heterocycles. The molecular formula is C11H12F3N3O. The smallest absolute Gasteiger partial charge is 0.367 e. The fraction of sp³-hybridized carbons (Fsp3) is 0.455. The molecule has 7 heteroatoms. The summed E-state index contributed by atoms with van der Waals surface area (Å²) in [6.45, 7) is -1.33. The van der Waals surface area contributed by atoms with Crippen LogP contribution in [0, 0.1) is 0 Å². The molecule has 1 heterocycles. The molecule has 1 saturated carbocycles. The molecule has 0 aromatic carbocycles. The number of rotatable bonds is 4. The van der Waals surface area contributed by atoms with Crippen LogP contribution in [0.3, 0.4) is 0 Å². The maximum absolute atomic E-state index is 12.0. The zero-order chi connectivity index (χ0) is 13.2. The van der Waals surface area contributed by atoms with Crippen molar-refractivity contribution in [3.8, 4) is 0 Å². The molecule has 1 amide bonds. The molecule has 18 heavy (non-hydrogen) atoms. The lowest BCUT2D eigenvalue weighted by molar-refractivity contribution is -0.123. The van der Waals surface area contributed by atoms with Crippen LogP contribution in [0.25, 0.3) is 0 Å². The molecule has 2 N–H and O–H groups in total. The minimum atomic E-state index is -4.40. The van der Waals surface area contributed by atoms with Crippen molar-refractivity contribution in [1.82, 2.24) is 10.3 Å². The second-order valence-electron chi connectivity index (χ2n) is 4.15. The van der Waals surface area contributed by atoms with Crippen LogP contribution in [0.2, 0.25) is 0 Å². The summed E-state index contributed by atoms with van der Waals surface area (Å²) < 4.78 is 35.9. The van der Waals surface area contributed by atoms with Crippen molar-refractivity contribution >= 4 is 11.7 Å². The van der Waals surface area contributed by atoms with Gasteiger partial charge in [0.2, 0.25) is 0 Å². The minimum Gasteiger partial charge on any atom is -0.367 e. The van der Waals surface area contributed by atoms with E-state index in [9.17, 15) is 18.0 Å². The lowest BCUT2D eigenvalue weighted by Gasteiger charge is -2.09. The summed E-state index contributed by atoms with van der Waals surface area (Å²) in [5.74, 6) is -0.245. The van der Waals surface area contributed by atoms with E-state index in [1.807, 2.05) is 5.32 Å². The SMILES string of the molecule is O=C(NCC(F)(F)F)c1ccnc(NC2CC2)c1. The Bertz CT molecular complexity index is 443. The van der Waals surface area contributed by atoms with Crippen molar-refractivity contribution in [2.24, 2.45) is 0 Å². The fourth-order valence-electron chi connectivity index (χ4n) is 1.37. The number of alkyl halides is 3. The van der Waals surface area contributed by atoms with Crippen LogP contribution in [0.15, 0.2) is 18.3 Å². The molecule has 0 atom stereocenters. The Balaban J connectivity index is 1.96. The number of halogens is 3. The van der Waals surface area contributed by atoms with Gasteiger partial charge in [0.25, 0.3) is 5.91 Å². The number of carbonyl (C=O) groups excluding carboxylic acids is 1. The summed E-state index contributed by atoms with van der Waals surface area (Å²) in [5, 5.41) is 4.89. The summed E-state index contributed by atoms with van der Waals surface area (Å²) >= 11 is 0. The molecule has 1 aromatic rings. The van der Waals surface area contributed by atoms with Gasteiger partial charge in [0.15, 0.2) is 0 Å². The van der Waals surface area contributed by atoms with E-state index >= 15 is 0 Å². The van der Waals surface area contributed by atoms with Crippen LogP contribution in [-0.4, -0.2) is 29.7 Å². The zero-order valence-corrected chi connectivity index (χ0v) is 9.42. The number of anilines is 1. The van der Waals surface area contributed by atoms with Gasteiger partial charge in [0.05, 0.1) is 0 Å². The zero-order valence-electron chi connectivity index (χ0n) is 9.42. The van der Waals surface area contributed by atoms with E-state index in [0.29, 0.717) is 11.9 Å². The highest BCUT2D eigenvalue weighted by Gasteiger charge is 2.28. The number of nitrogens with zero attached hydrogens (tertiary/aromatic N) is 1. The van der Waals surface area contributed by atoms with E-state index in [1.54, 1.807) is 0 Å². The molecule has 0 aliphatic heterocycles. The molecule has 0 radical (unpaired) electrons. The third-order valence-corrected chi connectivity index (χ3v) is 2.40. The number of nitrogens with one attached hydrogen (secondary N) is 2. The minimum absolute atomic E-state index is 0.164. The lowest BCUT2D eigenvalue weighted by atomic mass is 10.2. The third kappa shape index (κ3) is 3.90. The molecule has 4 nitrogen and oxygen atoms in total. The van der Waals surface area contributed by atoms with Crippen molar-refractivity contribution in [1.29, 1.82) is 0 Å². The predicted octanol–water partition coefficient (Wildman–Crippen LogP) is 1.95. The number of pyridine rings is 1.